The third-order valence-corrected chi connectivity index (χ3v) is 9.90. The second-order valence-corrected chi connectivity index (χ2v) is 12.7. The molecule has 7 nitrogen and oxygen atoms in total. The molecule has 0 saturated carbocycles. The number of carbonyl (C=O) groups excluding carboxylic acids is 1. The quantitative estimate of drug-likeness (QED) is 0.298. The Morgan fingerprint density at radius 1 is 0.897 bits per heavy atom. The van der Waals surface area contributed by atoms with Gasteiger partial charge in [-0.2, -0.15) is 0 Å². The Bertz CT molecular complexity index is 1450. The number of anilines is 2. The van der Waals surface area contributed by atoms with Crippen LogP contribution >= 0.6 is 34.8 Å². The van der Waals surface area contributed by atoms with Gasteiger partial charge in [0, 0.05) is 38.9 Å². The summed E-state index contributed by atoms with van der Waals surface area (Å²) in [5.74, 6) is 0.348. The van der Waals surface area contributed by atoms with Gasteiger partial charge in [0.25, 0.3) is 15.9 Å². The number of nitrogens with zero attached hydrogens (tertiary/aromatic N) is 3. The first-order chi connectivity index (χ1) is 18.4. The number of hydrogen-bond donors (Lipinski definition) is 0. The second-order valence-electron chi connectivity index (χ2n) is 9.51. The van der Waals surface area contributed by atoms with Gasteiger partial charge in [-0.25, -0.2) is 8.42 Å². The number of amides is 1. The van der Waals surface area contributed by atoms with Crippen molar-refractivity contribution in [3.05, 3.63) is 80.8 Å². The fourth-order valence-corrected chi connectivity index (χ4v) is 6.19. The van der Waals surface area contributed by atoms with Crippen LogP contribution in [0.5, 0.6) is 5.75 Å². The number of halogens is 3. The molecule has 208 valence electrons. The van der Waals surface area contributed by atoms with Crippen LogP contribution in [0.1, 0.15) is 18.1 Å². The van der Waals surface area contributed by atoms with E-state index in [1.54, 1.807) is 66.4 Å². The summed E-state index contributed by atoms with van der Waals surface area (Å²) in [5.41, 5.74) is 3.28. The minimum absolute atomic E-state index is 0.125. The lowest BCUT2D eigenvalue weighted by Crippen LogP contribution is -2.52. The highest BCUT2D eigenvalue weighted by atomic mass is 35.5. The van der Waals surface area contributed by atoms with Gasteiger partial charge < -0.3 is 14.5 Å². The molecule has 0 aliphatic carbocycles. The maximum Gasteiger partial charge on any atom is 0.264 e. The molecule has 1 unspecified atom stereocenters. The van der Waals surface area contributed by atoms with Gasteiger partial charge in [-0.05, 0) is 80.4 Å². The largest absolute Gasteiger partial charge is 0.481 e. The zero-order valence-electron chi connectivity index (χ0n) is 22.1. The van der Waals surface area contributed by atoms with Gasteiger partial charge in [0.05, 0.1) is 25.7 Å². The zero-order chi connectivity index (χ0) is 28.5. The molecule has 11 heteroatoms. The molecule has 0 bridgehead atoms. The summed E-state index contributed by atoms with van der Waals surface area (Å²) in [6, 6.07) is 15.3. The van der Waals surface area contributed by atoms with E-state index in [2.05, 4.69) is 4.90 Å². The molecule has 4 rings (SSSR count). The Morgan fingerprint density at radius 3 is 2.05 bits per heavy atom. The summed E-state index contributed by atoms with van der Waals surface area (Å²) in [6.45, 7) is 7.79. The average molecular weight is 611 g/mol. The van der Waals surface area contributed by atoms with Gasteiger partial charge in [0.2, 0.25) is 0 Å². The van der Waals surface area contributed by atoms with Crippen molar-refractivity contribution in [2.45, 2.75) is 31.8 Å². The lowest BCUT2D eigenvalue weighted by atomic mass is 10.1. The predicted molar refractivity (Wildman–Crippen MR) is 158 cm³/mol. The first-order valence-corrected chi connectivity index (χ1v) is 15.0. The van der Waals surface area contributed by atoms with Gasteiger partial charge in [-0.1, -0.05) is 40.9 Å². The van der Waals surface area contributed by atoms with Crippen molar-refractivity contribution in [2.75, 3.05) is 42.4 Å². The fraction of sp³-hybridized carbons (Fsp3) is 0.321. The van der Waals surface area contributed by atoms with E-state index in [-0.39, 0.29) is 10.8 Å². The first kappa shape index (κ1) is 29.3. The number of aryl methyl sites for hydroxylation is 2. The van der Waals surface area contributed by atoms with Crippen LogP contribution in [-0.4, -0.2) is 58.6 Å². The molecule has 0 spiro atoms. The van der Waals surface area contributed by atoms with E-state index in [1.807, 2.05) is 13.8 Å². The minimum Gasteiger partial charge on any atom is -0.481 e. The van der Waals surface area contributed by atoms with Crippen LogP contribution in [0.4, 0.5) is 11.4 Å². The number of sulfonamides is 1. The third kappa shape index (κ3) is 6.40. The molecule has 3 aromatic carbocycles. The molecule has 1 saturated heterocycles. The average Bonchev–Trinajstić information content (AvgIpc) is 2.92. The third-order valence-electron chi connectivity index (χ3n) is 6.92. The number of hydrogen-bond acceptors (Lipinski definition) is 5. The lowest BCUT2D eigenvalue weighted by Gasteiger charge is -2.37. The van der Waals surface area contributed by atoms with Crippen LogP contribution in [0.15, 0.2) is 59.5 Å². The van der Waals surface area contributed by atoms with Crippen molar-refractivity contribution < 1.29 is 17.9 Å². The molecule has 1 amide bonds. The standard InChI is InChI=1S/C28H30Cl3N3O4S/c1-18-5-10-24(15-19(18)2)39(36,37)32(4)21-6-8-23(9-7-21)38-20(3)28(35)34-13-11-33(12-14-34)22-16-25(29)27(31)26(30)17-22/h5-10,15-17,20H,11-14H2,1-4H3. The Morgan fingerprint density at radius 2 is 1.49 bits per heavy atom. The molecule has 39 heavy (non-hydrogen) atoms. The van der Waals surface area contributed by atoms with Crippen LogP contribution in [0.2, 0.25) is 15.1 Å². The van der Waals surface area contributed by atoms with Crippen LogP contribution < -0.4 is 13.9 Å². The van der Waals surface area contributed by atoms with Crippen LogP contribution in [-0.2, 0) is 14.8 Å². The smallest absolute Gasteiger partial charge is 0.264 e. The Kier molecular flexibility index (Phi) is 8.91. The van der Waals surface area contributed by atoms with E-state index in [0.29, 0.717) is 52.7 Å². The van der Waals surface area contributed by atoms with Crippen LogP contribution in [0.25, 0.3) is 0 Å². The minimum atomic E-state index is -3.72. The van der Waals surface area contributed by atoms with E-state index < -0.39 is 16.1 Å². The van der Waals surface area contributed by atoms with E-state index >= 15 is 0 Å². The van der Waals surface area contributed by atoms with E-state index in [4.69, 9.17) is 39.5 Å². The zero-order valence-corrected chi connectivity index (χ0v) is 25.2. The van der Waals surface area contributed by atoms with Gasteiger partial charge in [0.15, 0.2) is 6.10 Å². The van der Waals surface area contributed by atoms with Crippen LogP contribution in [0, 0.1) is 13.8 Å². The second kappa shape index (κ2) is 11.8. The summed E-state index contributed by atoms with van der Waals surface area (Å²) in [7, 11) is -2.21. The summed E-state index contributed by atoms with van der Waals surface area (Å²) in [6.07, 6.45) is -0.709. The molecule has 1 aliphatic rings. The highest BCUT2D eigenvalue weighted by Gasteiger charge is 2.27. The lowest BCUT2D eigenvalue weighted by molar-refractivity contribution is -0.138. The van der Waals surface area contributed by atoms with Crippen molar-refractivity contribution in [3.63, 3.8) is 0 Å². The molecule has 1 aliphatic heterocycles. The number of ether oxygens (including phenoxy) is 1. The molecule has 3 aromatic rings. The Hall–Kier alpha value is -2.65. The molecule has 1 atom stereocenters. The van der Waals surface area contributed by atoms with Crippen molar-refractivity contribution in [1.29, 1.82) is 0 Å². The molecule has 0 N–H and O–H groups in total. The van der Waals surface area contributed by atoms with Crippen molar-refractivity contribution >= 4 is 62.1 Å². The van der Waals surface area contributed by atoms with Gasteiger partial charge >= 0.3 is 0 Å². The first-order valence-electron chi connectivity index (χ1n) is 12.4. The molecule has 1 heterocycles. The monoisotopic (exact) mass is 609 g/mol. The van der Waals surface area contributed by atoms with Gasteiger partial charge in [-0.15, -0.1) is 0 Å². The normalized spacial score (nSPS) is 14.7. The SMILES string of the molecule is Cc1ccc(S(=O)(=O)N(C)c2ccc(OC(C)C(=O)N3CCN(c4cc(Cl)c(Cl)c(Cl)c4)CC3)cc2)cc1C. The Labute approximate surface area is 244 Å². The summed E-state index contributed by atoms with van der Waals surface area (Å²) >= 11 is 18.4. The maximum atomic E-state index is 13.1. The number of piperazine rings is 1. The van der Waals surface area contributed by atoms with Gasteiger partial charge in [0.1, 0.15) is 5.75 Å². The topological polar surface area (TPSA) is 70.2 Å². The van der Waals surface area contributed by atoms with E-state index in [0.717, 1.165) is 16.8 Å². The van der Waals surface area contributed by atoms with Crippen molar-refractivity contribution in [2.24, 2.45) is 0 Å². The van der Waals surface area contributed by atoms with Crippen molar-refractivity contribution in [1.82, 2.24) is 4.90 Å². The molecular formula is C28H30Cl3N3O4S. The molecule has 1 fully saturated rings. The maximum absolute atomic E-state index is 13.1. The van der Waals surface area contributed by atoms with Gasteiger partial charge in [-0.3, -0.25) is 9.10 Å². The molecule has 0 radical (unpaired) electrons. The highest BCUT2D eigenvalue weighted by Crippen LogP contribution is 2.35. The summed E-state index contributed by atoms with van der Waals surface area (Å²) < 4.78 is 33.3. The Balaban J connectivity index is 1.35. The number of carbonyl (C=O) groups is 1. The summed E-state index contributed by atoms with van der Waals surface area (Å²) in [4.78, 5) is 17.1. The molecule has 0 aromatic heterocycles. The summed E-state index contributed by atoms with van der Waals surface area (Å²) in [5, 5.41) is 1.10. The predicted octanol–water partition coefficient (Wildman–Crippen LogP) is 6.20. The van der Waals surface area contributed by atoms with E-state index in [9.17, 15) is 13.2 Å². The molecular weight excluding hydrogens is 581 g/mol. The van der Waals surface area contributed by atoms with E-state index in [1.165, 1.54) is 11.4 Å². The fourth-order valence-electron chi connectivity index (χ4n) is 4.33. The number of rotatable bonds is 7. The van der Waals surface area contributed by atoms with Crippen LogP contribution in [0.3, 0.4) is 0 Å². The highest BCUT2D eigenvalue weighted by molar-refractivity contribution is 7.92. The van der Waals surface area contributed by atoms with Crippen molar-refractivity contribution in [3.8, 4) is 5.75 Å². The number of benzene rings is 3.